The number of thiophene rings is 1. The number of hydrogen-bond donors (Lipinski definition) is 2. The smallest absolute Gasteiger partial charge is 0.267 e. The summed E-state index contributed by atoms with van der Waals surface area (Å²) in [6.45, 7) is 3.93. The summed E-state index contributed by atoms with van der Waals surface area (Å²) in [5, 5.41) is 12.1. The molecule has 17 heavy (non-hydrogen) atoms. The van der Waals surface area contributed by atoms with Crippen molar-refractivity contribution in [1.82, 2.24) is 4.98 Å². The number of aromatic hydroxyl groups is 1. The Morgan fingerprint density at radius 1 is 1.47 bits per heavy atom. The Bertz CT molecular complexity index is 544. The van der Waals surface area contributed by atoms with Gasteiger partial charge < -0.3 is 10.4 Å². The minimum atomic E-state index is -0.250. The van der Waals surface area contributed by atoms with Crippen molar-refractivity contribution >= 4 is 23.1 Å². The minimum Gasteiger partial charge on any atom is -0.504 e. The van der Waals surface area contributed by atoms with Crippen LogP contribution in [0.3, 0.4) is 0 Å². The number of pyridine rings is 1. The van der Waals surface area contributed by atoms with Crippen LogP contribution in [0.1, 0.15) is 20.1 Å². The van der Waals surface area contributed by atoms with E-state index >= 15 is 0 Å². The molecule has 2 N–H and O–H groups in total. The first kappa shape index (κ1) is 11.6. The molecule has 0 aromatic carbocycles. The average Bonchev–Trinajstić information content (AvgIpc) is 2.63. The molecule has 2 aromatic heterocycles. The van der Waals surface area contributed by atoms with Gasteiger partial charge in [0, 0.05) is 11.1 Å². The fourth-order valence-corrected chi connectivity index (χ4v) is 2.28. The van der Waals surface area contributed by atoms with Crippen molar-refractivity contribution in [2.45, 2.75) is 13.8 Å². The van der Waals surface area contributed by atoms with Crippen molar-refractivity contribution in [2.75, 3.05) is 5.32 Å². The highest BCUT2D eigenvalue weighted by molar-refractivity contribution is 7.14. The third kappa shape index (κ3) is 2.45. The van der Waals surface area contributed by atoms with E-state index in [0.717, 1.165) is 10.4 Å². The van der Waals surface area contributed by atoms with Crippen molar-refractivity contribution in [1.29, 1.82) is 0 Å². The highest BCUT2D eigenvalue weighted by Crippen LogP contribution is 2.23. The first-order valence-corrected chi connectivity index (χ1v) is 5.92. The van der Waals surface area contributed by atoms with Crippen LogP contribution in [0.5, 0.6) is 5.75 Å². The average molecular weight is 248 g/mol. The molecule has 5 heteroatoms. The van der Waals surface area contributed by atoms with Crippen molar-refractivity contribution in [3.05, 3.63) is 39.7 Å². The molecule has 0 unspecified atom stereocenters. The summed E-state index contributed by atoms with van der Waals surface area (Å²) in [6, 6.07) is 4.91. The summed E-state index contributed by atoms with van der Waals surface area (Å²) in [4.78, 5) is 17.5. The number of amides is 1. The van der Waals surface area contributed by atoms with Crippen LogP contribution in [0, 0.1) is 13.8 Å². The van der Waals surface area contributed by atoms with Crippen molar-refractivity contribution in [3.63, 3.8) is 0 Å². The summed E-state index contributed by atoms with van der Waals surface area (Å²) in [5.74, 6) is -0.104. The van der Waals surface area contributed by atoms with Gasteiger partial charge >= 0.3 is 0 Å². The second kappa shape index (κ2) is 4.55. The lowest BCUT2D eigenvalue weighted by Gasteiger charge is -2.03. The third-order valence-electron chi connectivity index (χ3n) is 2.41. The Morgan fingerprint density at radius 3 is 2.82 bits per heavy atom. The number of hydrogen-bond acceptors (Lipinski definition) is 4. The Labute approximate surface area is 103 Å². The second-order valence-electron chi connectivity index (χ2n) is 3.68. The van der Waals surface area contributed by atoms with Gasteiger partial charge in [0.25, 0.3) is 5.91 Å². The monoisotopic (exact) mass is 248 g/mol. The fraction of sp³-hybridized carbons (Fsp3) is 0.167. The van der Waals surface area contributed by atoms with Gasteiger partial charge in [-0.05, 0) is 37.6 Å². The molecule has 0 saturated heterocycles. The number of carbonyl (C=O) groups excluding carboxylic acids is 1. The molecule has 0 saturated carbocycles. The van der Waals surface area contributed by atoms with Crippen LogP contribution < -0.4 is 5.32 Å². The lowest BCUT2D eigenvalue weighted by molar-refractivity contribution is 0.102. The first-order chi connectivity index (χ1) is 8.08. The molecule has 0 aliphatic carbocycles. The van der Waals surface area contributed by atoms with Gasteiger partial charge in [0.1, 0.15) is 0 Å². The van der Waals surface area contributed by atoms with Crippen molar-refractivity contribution in [2.24, 2.45) is 0 Å². The number of anilines is 1. The molecule has 2 rings (SSSR count). The van der Waals surface area contributed by atoms with E-state index < -0.39 is 0 Å². The molecule has 2 heterocycles. The van der Waals surface area contributed by atoms with E-state index in [9.17, 15) is 9.90 Å². The van der Waals surface area contributed by atoms with Crippen LogP contribution in [0.15, 0.2) is 24.4 Å². The minimum absolute atomic E-state index is 0.0362. The molecule has 0 aliphatic heterocycles. The van der Waals surface area contributed by atoms with Crippen LogP contribution in [0.4, 0.5) is 5.82 Å². The lowest BCUT2D eigenvalue weighted by atomic mass is 10.3. The number of rotatable bonds is 2. The molecule has 0 spiro atoms. The zero-order valence-electron chi connectivity index (χ0n) is 9.52. The molecular formula is C12H12N2O2S. The van der Waals surface area contributed by atoms with Crippen LogP contribution in [0.2, 0.25) is 0 Å². The molecule has 4 nitrogen and oxygen atoms in total. The molecule has 2 aromatic rings. The highest BCUT2D eigenvalue weighted by atomic mass is 32.1. The maximum Gasteiger partial charge on any atom is 0.267 e. The van der Waals surface area contributed by atoms with E-state index in [1.165, 1.54) is 23.6 Å². The molecule has 1 amide bonds. The van der Waals surface area contributed by atoms with Crippen LogP contribution >= 0.6 is 11.3 Å². The Balaban J connectivity index is 2.20. The van der Waals surface area contributed by atoms with Gasteiger partial charge in [-0.2, -0.15) is 0 Å². The molecule has 0 aliphatic rings. The number of aryl methyl sites for hydroxylation is 2. The maximum absolute atomic E-state index is 11.9. The van der Waals surface area contributed by atoms with E-state index in [2.05, 4.69) is 10.3 Å². The number of carbonyl (C=O) groups is 1. The largest absolute Gasteiger partial charge is 0.504 e. The van der Waals surface area contributed by atoms with Gasteiger partial charge in [0.05, 0.1) is 4.88 Å². The molecule has 88 valence electrons. The van der Waals surface area contributed by atoms with Gasteiger partial charge in [-0.25, -0.2) is 4.98 Å². The normalized spacial score (nSPS) is 10.2. The molecule has 0 bridgehead atoms. The fourth-order valence-electron chi connectivity index (χ4n) is 1.35. The standard InChI is InChI=1S/C12H12N2O2S/c1-7-6-10(17-8(7)2)12(16)14-11-9(15)4-3-5-13-11/h3-6,15H,1-2H3,(H,13,14,16). The Kier molecular flexibility index (Phi) is 3.10. The van der Waals surface area contributed by atoms with Crippen LogP contribution in [0.25, 0.3) is 0 Å². The number of nitrogens with one attached hydrogen (secondary N) is 1. The summed E-state index contributed by atoms with van der Waals surface area (Å²) >= 11 is 1.43. The van der Waals surface area contributed by atoms with Gasteiger partial charge in [-0.15, -0.1) is 11.3 Å². The number of nitrogens with zero attached hydrogens (tertiary/aromatic N) is 1. The van der Waals surface area contributed by atoms with E-state index in [4.69, 9.17) is 0 Å². The summed E-state index contributed by atoms with van der Waals surface area (Å²) in [5.41, 5.74) is 1.09. The van der Waals surface area contributed by atoms with Gasteiger partial charge in [-0.3, -0.25) is 4.79 Å². The summed E-state index contributed by atoms with van der Waals surface area (Å²) < 4.78 is 0. The predicted octanol–water partition coefficient (Wildman–Crippen LogP) is 2.72. The topological polar surface area (TPSA) is 62.2 Å². The van der Waals surface area contributed by atoms with Crippen molar-refractivity contribution in [3.8, 4) is 5.75 Å². The van der Waals surface area contributed by atoms with Crippen LogP contribution in [-0.4, -0.2) is 16.0 Å². The third-order valence-corrected chi connectivity index (χ3v) is 3.56. The van der Waals surface area contributed by atoms with Crippen molar-refractivity contribution < 1.29 is 9.90 Å². The molecule has 0 radical (unpaired) electrons. The SMILES string of the molecule is Cc1cc(C(=O)Nc2ncccc2O)sc1C. The Hall–Kier alpha value is -1.88. The second-order valence-corrected chi connectivity index (χ2v) is 4.93. The first-order valence-electron chi connectivity index (χ1n) is 5.10. The molecule has 0 fully saturated rings. The van der Waals surface area contributed by atoms with Gasteiger partial charge in [-0.1, -0.05) is 0 Å². The summed E-state index contributed by atoms with van der Waals surface area (Å²) in [7, 11) is 0. The van der Waals surface area contributed by atoms with E-state index in [1.54, 1.807) is 6.07 Å². The quantitative estimate of drug-likeness (QED) is 0.859. The van der Waals surface area contributed by atoms with Crippen LogP contribution in [-0.2, 0) is 0 Å². The summed E-state index contributed by atoms with van der Waals surface area (Å²) in [6.07, 6.45) is 1.51. The Morgan fingerprint density at radius 2 is 2.24 bits per heavy atom. The molecule has 0 atom stereocenters. The molecular weight excluding hydrogens is 236 g/mol. The highest BCUT2D eigenvalue weighted by Gasteiger charge is 2.12. The zero-order chi connectivity index (χ0) is 12.4. The van der Waals surface area contributed by atoms with E-state index in [-0.39, 0.29) is 17.5 Å². The van der Waals surface area contributed by atoms with Gasteiger partial charge in [0.2, 0.25) is 0 Å². The predicted molar refractivity (Wildman–Crippen MR) is 67.6 cm³/mol. The number of aromatic nitrogens is 1. The zero-order valence-corrected chi connectivity index (χ0v) is 10.3. The van der Waals surface area contributed by atoms with Gasteiger partial charge in [0.15, 0.2) is 11.6 Å². The maximum atomic E-state index is 11.9. The van der Waals surface area contributed by atoms with E-state index in [1.807, 2.05) is 19.9 Å². The lowest BCUT2D eigenvalue weighted by Crippen LogP contribution is -2.11. The van der Waals surface area contributed by atoms with E-state index in [0.29, 0.717) is 4.88 Å².